The number of anilines is 1. The van der Waals surface area contributed by atoms with Crippen LogP contribution in [0.5, 0.6) is 0 Å². The van der Waals surface area contributed by atoms with Crippen molar-refractivity contribution in [2.75, 3.05) is 11.4 Å². The molecule has 1 amide bonds. The van der Waals surface area contributed by atoms with E-state index in [1.165, 1.54) is 23.1 Å². The number of carbonyl (C=O) groups excluding carboxylic acids is 1. The number of nitrogens with zero attached hydrogens (tertiary/aromatic N) is 1. The maximum Gasteiger partial charge on any atom is 0.304 e. The summed E-state index contributed by atoms with van der Waals surface area (Å²) in [6, 6.07) is 5.76. The highest BCUT2D eigenvalue weighted by Crippen LogP contribution is 2.27. The number of carboxylic acid groups (broad SMARTS) is 1. The van der Waals surface area contributed by atoms with Gasteiger partial charge in [-0.05, 0) is 24.6 Å². The summed E-state index contributed by atoms with van der Waals surface area (Å²) in [5.74, 6) is -2.12. The maximum absolute atomic E-state index is 13.0. The van der Waals surface area contributed by atoms with Crippen LogP contribution >= 0.6 is 0 Å². The number of aliphatic carboxylic acids is 1. The second kappa shape index (κ2) is 4.53. The number of carboxylic acids is 1. The van der Waals surface area contributed by atoms with E-state index in [4.69, 9.17) is 5.11 Å². The van der Waals surface area contributed by atoms with Crippen LogP contribution in [0.25, 0.3) is 0 Å². The number of carbonyl (C=O) groups is 2. The zero-order chi connectivity index (χ0) is 12.4. The van der Waals surface area contributed by atoms with Gasteiger partial charge in [0, 0.05) is 12.2 Å². The third-order valence-electron chi connectivity index (χ3n) is 2.86. The van der Waals surface area contributed by atoms with Gasteiger partial charge in [0.1, 0.15) is 5.82 Å². The number of halogens is 1. The van der Waals surface area contributed by atoms with E-state index >= 15 is 0 Å². The van der Waals surface area contributed by atoms with Gasteiger partial charge in [-0.25, -0.2) is 4.39 Å². The minimum atomic E-state index is -0.982. The molecular formula is C12H12FNO3. The standard InChI is InChI=1S/C12H12FNO3/c13-9-2-1-3-10(7-9)14-5-4-8(12(14)17)6-11(15)16/h1-3,7-8H,4-6H2,(H,15,16). The van der Waals surface area contributed by atoms with E-state index in [0.717, 1.165) is 0 Å². The molecule has 1 unspecified atom stereocenters. The van der Waals surface area contributed by atoms with Gasteiger partial charge in [-0.15, -0.1) is 0 Å². The monoisotopic (exact) mass is 237 g/mol. The molecule has 17 heavy (non-hydrogen) atoms. The van der Waals surface area contributed by atoms with Crippen molar-refractivity contribution in [3.8, 4) is 0 Å². The quantitative estimate of drug-likeness (QED) is 0.869. The van der Waals surface area contributed by atoms with E-state index in [0.29, 0.717) is 18.7 Å². The van der Waals surface area contributed by atoms with Gasteiger partial charge in [0.25, 0.3) is 0 Å². The second-order valence-corrected chi connectivity index (χ2v) is 4.05. The number of rotatable bonds is 3. The van der Waals surface area contributed by atoms with Crippen LogP contribution in [-0.4, -0.2) is 23.5 Å². The van der Waals surface area contributed by atoms with Crippen LogP contribution in [0.15, 0.2) is 24.3 Å². The van der Waals surface area contributed by atoms with Crippen LogP contribution in [0.4, 0.5) is 10.1 Å². The summed E-state index contributed by atoms with van der Waals surface area (Å²) in [6.07, 6.45) is 0.340. The van der Waals surface area contributed by atoms with Gasteiger partial charge in [-0.3, -0.25) is 9.59 Å². The number of hydrogen-bond acceptors (Lipinski definition) is 2. The Morgan fingerprint density at radius 2 is 2.29 bits per heavy atom. The summed E-state index contributed by atoms with van der Waals surface area (Å²) < 4.78 is 13.0. The first-order valence-corrected chi connectivity index (χ1v) is 5.36. The summed E-state index contributed by atoms with van der Waals surface area (Å²) in [5, 5.41) is 8.66. The Balaban J connectivity index is 2.15. The molecule has 4 nitrogen and oxygen atoms in total. The summed E-state index contributed by atoms with van der Waals surface area (Å²) >= 11 is 0. The molecule has 0 aromatic heterocycles. The van der Waals surface area contributed by atoms with Gasteiger partial charge in [0.2, 0.25) is 5.91 Å². The van der Waals surface area contributed by atoms with Crippen molar-refractivity contribution < 1.29 is 19.1 Å². The summed E-state index contributed by atoms with van der Waals surface area (Å²) in [5.41, 5.74) is 0.489. The Kier molecular flexibility index (Phi) is 3.08. The largest absolute Gasteiger partial charge is 0.481 e. The fraction of sp³-hybridized carbons (Fsp3) is 0.333. The average molecular weight is 237 g/mol. The fourth-order valence-electron chi connectivity index (χ4n) is 2.04. The van der Waals surface area contributed by atoms with Crippen molar-refractivity contribution in [2.24, 2.45) is 5.92 Å². The normalized spacial score (nSPS) is 19.7. The molecule has 1 atom stereocenters. The van der Waals surface area contributed by atoms with Crippen LogP contribution in [0.3, 0.4) is 0 Å². The first-order chi connectivity index (χ1) is 8.08. The minimum Gasteiger partial charge on any atom is -0.481 e. The third kappa shape index (κ3) is 2.43. The Bertz CT molecular complexity index is 461. The van der Waals surface area contributed by atoms with E-state index in [2.05, 4.69) is 0 Å². The van der Waals surface area contributed by atoms with E-state index in [9.17, 15) is 14.0 Å². The predicted molar refractivity (Wildman–Crippen MR) is 59.1 cm³/mol. The molecule has 1 N–H and O–H groups in total. The summed E-state index contributed by atoms with van der Waals surface area (Å²) in [6.45, 7) is 0.445. The van der Waals surface area contributed by atoms with Crippen molar-refractivity contribution in [2.45, 2.75) is 12.8 Å². The Hall–Kier alpha value is -1.91. The highest BCUT2D eigenvalue weighted by molar-refractivity contribution is 5.98. The molecule has 1 aromatic carbocycles. The lowest BCUT2D eigenvalue weighted by Gasteiger charge is -2.16. The summed E-state index contributed by atoms with van der Waals surface area (Å²) in [4.78, 5) is 23.9. The lowest BCUT2D eigenvalue weighted by molar-refractivity contribution is -0.140. The molecule has 1 fully saturated rings. The molecular weight excluding hydrogens is 225 g/mol. The maximum atomic E-state index is 13.0. The molecule has 0 saturated carbocycles. The molecule has 1 aliphatic rings. The lowest BCUT2D eigenvalue weighted by Crippen LogP contribution is -2.27. The SMILES string of the molecule is O=C(O)CC1CCN(c2cccc(F)c2)C1=O. The number of hydrogen-bond donors (Lipinski definition) is 1. The van der Waals surface area contributed by atoms with Crippen molar-refractivity contribution in [1.29, 1.82) is 0 Å². The van der Waals surface area contributed by atoms with Crippen LogP contribution in [0, 0.1) is 11.7 Å². The molecule has 0 radical (unpaired) electrons. The fourth-order valence-corrected chi connectivity index (χ4v) is 2.04. The average Bonchev–Trinajstić information content (AvgIpc) is 2.60. The number of amides is 1. The van der Waals surface area contributed by atoms with E-state index in [1.54, 1.807) is 6.07 Å². The Morgan fingerprint density at radius 3 is 2.94 bits per heavy atom. The third-order valence-corrected chi connectivity index (χ3v) is 2.86. The van der Waals surface area contributed by atoms with E-state index in [-0.39, 0.29) is 12.3 Å². The molecule has 0 aliphatic carbocycles. The first kappa shape index (κ1) is 11.6. The molecule has 5 heteroatoms. The highest BCUT2D eigenvalue weighted by atomic mass is 19.1. The first-order valence-electron chi connectivity index (χ1n) is 5.36. The number of benzene rings is 1. The van der Waals surface area contributed by atoms with Gasteiger partial charge in [-0.2, -0.15) is 0 Å². The molecule has 0 spiro atoms. The molecule has 1 aromatic rings. The lowest BCUT2D eigenvalue weighted by atomic mass is 10.0. The molecule has 0 bridgehead atoms. The Labute approximate surface area is 97.7 Å². The smallest absolute Gasteiger partial charge is 0.304 e. The zero-order valence-corrected chi connectivity index (χ0v) is 9.10. The van der Waals surface area contributed by atoms with E-state index < -0.39 is 17.7 Å². The molecule has 1 aliphatic heterocycles. The minimum absolute atomic E-state index is 0.162. The van der Waals surface area contributed by atoms with Gasteiger partial charge in [-0.1, -0.05) is 6.07 Å². The topological polar surface area (TPSA) is 57.6 Å². The van der Waals surface area contributed by atoms with Crippen LogP contribution in [0.2, 0.25) is 0 Å². The van der Waals surface area contributed by atoms with Crippen molar-refractivity contribution >= 4 is 17.6 Å². The molecule has 1 saturated heterocycles. The van der Waals surface area contributed by atoms with E-state index in [1.807, 2.05) is 0 Å². The van der Waals surface area contributed by atoms with Crippen molar-refractivity contribution in [3.63, 3.8) is 0 Å². The van der Waals surface area contributed by atoms with Crippen LogP contribution in [-0.2, 0) is 9.59 Å². The van der Waals surface area contributed by atoms with Gasteiger partial charge in [0.05, 0.1) is 12.3 Å². The van der Waals surface area contributed by atoms with Crippen LogP contribution < -0.4 is 4.90 Å². The molecule has 1 heterocycles. The highest BCUT2D eigenvalue weighted by Gasteiger charge is 2.33. The molecule has 2 rings (SSSR count). The predicted octanol–water partition coefficient (Wildman–Crippen LogP) is 1.65. The summed E-state index contributed by atoms with van der Waals surface area (Å²) in [7, 11) is 0. The Morgan fingerprint density at radius 1 is 1.53 bits per heavy atom. The van der Waals surface area contributed by atoms with Gasteiger partial charge >= 0.3 is 5.97 Å². The zero-order valence-electron chi connectivity index (χ0n) is 9.10. The van der Waals surface area contributed by atoms with Gasteiger partial charge < -0.3 is 10.0 Å². The van der Waals surface area contributed by atoms with Crippen molar-refractivity contribution in [1.82, 2.24) is 0 Å². The molecule has 90 valence electrons. The second-order valence-electron chi connectivity index (χ2n) is 4.05. The van der Waals surface area contributed by atoms with Crippen LogP contribution in [0.1, 0.15) is 12.8 Å². The van der Waals surface area contributed by atoms with Crippen molar-refractivity contribution in [3.05, 3.63) is 30.1 Å². The van der Waals surface area contributed by atoms with Gasteiger partial charge in [0.15, 0.2) is 0 Å².